The molecule has 2 rings (SSSR count). The van der Waals surface area contributed by atoms with Crippen LogP contribution in [-0.4, -0.2) is 6.98 Å². The Morgan fingerprint density at radius 1 is 1.14 bits per heavy atom. The van der Waals surface area contributed by atoms with Crippen molar-refractivity contribution in [3.8, 4) is 0 Å². The van der Waals surface area contributed by atoms with Gasteiger partial charge in [-0.3, -0.25) is 0 Å². The first kappa shape index (κ1) is 9.56. The van der Waals surface area contributed by atoms with Crippen molar-refractivity contribution in [2.45, 2.75) is 18.8 Å². The molecule has 0 amide bonds. The largest absolute Gasteiger partial charge is 0.512 e. The topological polar surface area (TPSA) is 0 Å². The Morgan fingerprint density at radius 2 is 1.79 bits per heavy atom. The second kappa shape index (κ2) is 3.00. The summed E-state index contributed by atoms with van der Waals surface area (Å²) in [7, 11) is 0. The van der Waals surface area contributed by atoms with E-state index in [1.807, 2.05) is 0 Å². The molecule has 0 atom stereocenters. The summed E-state index contributed by atoms with van der Waals surface area (Å²) in [6.07, 6.45) is 1.91. The molecule has 0 bridgehead atoms. The highest BCUT2D eigenvalue weighted by molar-refractivity contribution is 6.73. The van der Waals surface area contributed by atoms with Crippen molar-refractivity contribution in [3.05, 3.63) is 29.6 Å². The summed E-state index contributed by atoms with van der Waals surface area (Å²) in [4.78, 5) is 0. The number of hydrogen-bond donors (Lipinski definition) is 0. The number of benzene rings is 1. The van der Waals surface area contributed by atoms with E-state index in [4.69, 9.17) is 0 Å². The molecule has 0 aliphatic heterocycles. The monoisotopic (exact) mass is 203 g/mol. The van der Waals surface area contributed by atoms with Gasteiger partial charge < -0.3 is 12.9 Å². The van der Waals surface area contributed by atoms with Crippen LogP contribution >= 0.6 is 0 Å². The molecule has 0 heterocycles. The molecule has 1 fully saturated rings. The highest BCUT2D eigenvalue weighted by Gasteiger charge is 2.30. The van der Waals surface area contributed by atoms with E-state index >= 15 is 0 Å². The van der Waals surface area contributed by atoms with Crippen molar-refractivity contribution in [2.75, 3.05) is 0 Å². The highest BCUT2D eigenvalue weighted by Crippen LogP contribution is 2.40. The highest BCUT2D eigenvalue weighted by atomic mass is 19.4. The molecule has 1 aromatic rings. The van der Waals surface area contributed by atoms with E-state index in [0.29, 0.717) is 5.56 Å². The molecule has 14 heavy (non-hydrogen) atoms. The van der Waals surface area contributed by atoms with Crippen LogP contribution in [0.1, 0.15) is 24.3 Å². The van der Waals surface area contributed by atoms with E-state index in [1.54, 1.807) is 0 Å². The Labute approximate surface area is 79.0 Å². The van der Waals surface area contributed by atoms with E-state index in [-0.39, 0.29) is 5.92 Å². The molecule has 1 aliphatic carbocycles. The maximum absolute atomic E-state index is 13.0. The van der Waals surface area contributed by atoms with Gasteiger partial charge in [0.15, 0.2) is 0 Å². The van der Waals surface area contributed by atoms with Crippen LogP contribution in [0.4, 0.5) is 17.3 Å². The molecular weight excluding hydrogens is 195 g/mol. The van der Waals surface area contributed by atoms with Crippen LogP contribution in [0.2, 0.25) is 0 Å². The van der Waals surface area contributed by atoms with Crippen LogP contribution in [0.3, 0.4) is 0 Å². The lowest BCUT2D eigenvalue weighted by molar-refractivity contribution is 0.494. The van der Waals surface area contributed by atoms with Crippen LogP contribution in [0.5, 0.6) is 0 Å². The summed E-state index contributed by atoms with van der Waals surface area (Å²) in [5.74, 6) is -0.860. The third-order valence-electron chi connectivity index (χ3n) is 2.43. The molecule has 0 spiro atoms. The molecule has 1 aliphatic rings. The van der Waals surface area contributed by atoms with E-state index in [0.717, 1.165) is 25.0 Å². The minimum absolute atomic E-state index is 0.277. The fourth-order valence-electron chi connectivity index (χ4n) is 1.48. The molecular formula is C9H8BF4-. The fraction of sp³-hybridized carbons (Fsp3) is 0.333. The molecule has 0 N–H and O–H groups in total. The van der Waals surface area contributed by atoms with Crippen molar-refractivity contribution in [3.63, 3.8) is 0 Å². The fourth-order valence-corrected chi connectivity index (χ4v) is 1.48. The second-order valence-electron chi connectivity index (χ2n) is 3.63. The first-order chi connectivity index (χ1) is 6.48. The summed E-state index contributed by atoms with van der Waals surface area (Å²) in [5.41, 5.74) is -0.430. The molecule has 1 aromatic carbocycles. The van der Waals surface area contributed by atoms with Crippen LogP contribution in [0.15, 0.2) is 18.2 Å². The van der Waals surface area contributed by atoms with Gasteiger partial charge >= 0.3 is 6.98 Å². The second-order valence-corrected chi connectivity index (χ2v) is 3.63. The molecule has 0 aromatic heterocycles. The quantitative estimate of drug-likeness (QED) is 0.512. The Hall–Kier alpha value is -0.995. The SMILES string of the molecule is Fc1cc(C2CC2)ccc1[B-](F)(F)F. The van der Waals surface area contributed by atoms with Crippen molar-refractivity contribution >= 4 is 12.4 Å². The number of halogens is 4. The third kappa shape index (κ3) is 1.76. The zero-order chi connectivity index (χ0) is 10.3. The lowest BCUT2D eigenvalue weighted by Crippen LogP contribution is -2.36. The number of rotatable bonds is 2. The molecule has 0 unspecified atom stereocenters. The van der Waals surface area contributed by atoms with Gasteiger partial charge in [-0.1, -0.05) is 17.6 Å². The standard InChI is InChI=1S/C9H8BF4/c11-9-5-7(6-1-2-6)3-4-8(9)10(12,13)14/h3-6H,1-2H2/q-1. The van der Waals surface area contributed by atoms with Gasteiger partial charge in [0.25, 0.3) is 0 Å². The smallest absolute Gasteiger partial charge is 0.445 e. The zero-order valence-electron chi connectivity index (χ0n) is 7.31. The van der Waals surface area contributed by atoms with Crippen LogP contribution in [0, 0.1) is 5.82 Å². The van der Waals surface area contributed by atoms with E-state index < -0.39 is 18.3 Å². The Bertz CT molecular complexity index is 354. The minimum atomic E-state index is -5.22. The average molecular weight is 203 g/mol. The maximum Gasteiger partial charge on any atom is 0.512 e. The summed E-state index contributed by atoms with van der Waals surface area (Å²) < 4.78 is 49.7. The maximum atomic E-state index is 13.0. The average Bonchev–Trinajstić information content (AvgIpc) is 2.83. The summed E-state index contributed by atoms with van der Waals surface area (Å²) in [6, 6.07) is 3.25. The van der Waals surface area contributed by atoms with E-state index in [9.17, 15) is 17.3 Å². The zero-order valence-corrected chi connectivity index (χ0v) is 7.31. The van der Waals surface area contributed by atoms with Gasteiger partial charge in [-0.25, -0.2) is 4.39 Å². The van der Waals surface area contributed by atoms with Gasteiger partial charge in [-0.15, -0.1) is 0 Å². The van der Waals surface area contributed by atoms with Crippen molar-refractivity contribution in [1.82, 2.24) is 0 Å². The van der Waals surface area contributed by atoms with Gasteiger partial charge in [-0.2, -0.15) is 0 Å². The Morgan fingerprint density at radius 3 is 2.21 bits per heavy atom. The molecule has 1 saturated carbocycles. The van der Waals surface area contributed by atoms with E-state index in [1.165, 1.54) is 6.07 Å². The summed E-state index contributed by atoms with van der Waals surface area (Å²) in [5, 5.41) is 0. The van der Waals surface area contributed by atoms with Crippen molar-refractivity contribution in [1.29, 1.82) is 0 Å². The first-order valence-electron chi connectivity index (χ1n) is 4.48. The van der Waals surface area contributed by atoms with Crippen LogP contribution in [-0.2, 0) is 0 Å². The normalized spacial score (nSPS) is 17.1. The minimum Gasteiger partial charge on any atom is -0.445 e. The van der Waals surface area contributed by atoms with Crippen molar-refractivity contribution < 1.29 is 17.3 Å². The lowest BCUT2D eigenvalue weighted by Gasteiger charge is -2.16. The van der Waals surface area contributed by atoms with Gasteiger partial charge in [-0.05, 0) is 30.4 Å². The Balaban J connectivity index is 2.35. The van der Waals surface area contributed by atoms with Gasteiger partial charge in [0, 0.05) is 0 Å². The third-order valence-corrected chi connectivity index (χ3v) is 2.43. The van der Waals surface area contributed by atoms with Crippen LogP contribution in [0.25, 0.3) is 0 Å². The molecule has 5 heteroatoms. The van der Waals surface area contributed by atoms with Crippen molar-refractivity contribution in [2.24, 2.45) is 0 Å². The van der Waals surface area contributed by atoms with Gasteiger partial charge in [0.2, 0.25) is 0 Å². The summed E-state index contributed by atoms with van der Waals surface area (Å²) >= 11 is 0. The summed E-state index contributed by atoms with van der Waals surface area (Å²) in [6.45, 7) is -5.22. The lowest BCUT2D eigenvalue weighted by atomic mass is 9.79. The van der Waals surface area contributed by atoms with Gasteiger partial charge in [0.1, 0.15) is 0 Å². The predicted molar refractivity (Wildman–Crippen MR) is 47.1 cm³/mol. The molecule has 0 nitrogen and oxygen atoms in total. The van der Waals surface area contributed by atoms with Gasteiger partial charge in [0.05, 0.1) is 5.82 Å². The first-order valence-corrected chi connectivity index (χ1v) is 4.48. The number of hydrogen-bond acceptors (Lipinski definition) is 0. The molecule has 0 radical (unpaired) electrons. The molecule has 76 valence electrons. The van der Waals surface area contributed by atoms with Crippen LogP contribution < -0.4 is 5.46 Å². The van der Waals surface area contributed by atoms with E-state index in [2.05, 4.69) is 0 Å². The predicted octanol–water partition coefficient (Wildman–Crippen LogP) is 2.76. The Kier molecular flexibility index (Phi) is 2.05. The molecule has 0 saturated heterocycles.